The van der Waals surface area contributed by atoms with Crippen LogP contribution in [0.2, 0.25) is 0 Å². The van der Waals surface area contributed by atoms with E-state index in [2.05, 4.69) is 13.8 Å². The van der Waals surface area contributed by atoms with Crippen molar-refractivity contribution in [3.05, 3.63) is 23.8 Å². The number of unbranched alkanes of at least 4 members (excludes halogenated alkanes) is 3. The Morgan fingerprint density at radius 3 is 2.68 bits per heavy atom. The van der Waals surface area contributed by atoms with Crippen molar-refractivity contribution in [2.75, 3.05) is 6.61 Å². The molecule has 0 aromatic rings. The van der Waals surface area contributed by atoms with Gasteiger partial charge in [0.05, 0.1) is 6.10 Å². The molecular formula is C28H40O6. The summed E-state index contributed by atoms with van der Waals surface area (Å²) in [4.78, 5) is 37.3. The number of Topliss-reactive ketones (excluding diaryl/α,β-unsaturated/α-hetero) is 1. The number of carbonyl (C=O) groups excluding carboxylic acids is 3. The van der Waals surface area contributed by atoms with Crippen LogP contribution in [0.1, 0.15) is 85.0 Å². The number of aliphatic hydroxyl groups is 2. The highest BCUT2D eigenvalue weighted by molar-refractivity contribution is 6.01. The van der Waals surface area contributed by atoms with Gasteiger partial charge in [-0.15, -0.1) is 0 Å². The van der Waals surface area contributed by atoms with Crippen LogP contribution in [0.15, 0.2) is 23.8 Å². The van der Waals surface area contributed by atoms with Crippen LogP contribution in [0, 0.1) is 28.6 Å². The molecule has 0 aromatic carbocycles. The summed E-state index contributed by atoms with van der Waals surface area (Å²) in [5.74, 6) is -0.652. The highest BCUT2D eigenvalue weighted by atomic mass is 16.5. The average molecular weight is 473 g/mol. The fraction of sp³-hybridized carbons (Fsp3) is 0.750. The Bertz CT molecular complexity index is 905. The van der Waals surface area contributed by atoms with Crippen molar-refractivity contribution >= 4 is 17.5 Å². The monoisotopic (exact) mass is 472 g/mol. The Balaban J connectivity index is 1.48. The van der Waals surface area contributed by atoms with Crippen molar-refractivity contribution < 1.29 is 29.3 Å². The van der Waals surface area contributed by atoms with Crippen LogP contribution in [-0.4, -0.2) is 46.1 Å². The van der Waals surface area contributed by atoms with E-state index in [0.29, 0.717) is 25.7 Å². The zero-order chi connectivity index (χ0) is 24.7. The van der Waals surface area contributed by atoms with Gasteiger partial charge in [-0.3, -0.25) is 14.4 Å². The molecule has 4 aliphatic carbocycles. The summed E-state index contributed by atoms with van der Waals surface area (Å²) in [6, 6.07) is 0. The van der Waals surface area contributed by atoms with Crippen LogP contribution in [-0.2, 0) is 19.1 Å². The van der Waals surface area contributed by atoms with Gasteiger partial charge in [-0.1, -0.05) is 51.7 Å². The number of rotatable bonds is 8. The first kappa shape index (κ1) is 25.3. The van der Waals surface area contributed by atoms with Crippen LogP contribution in [0.4, 0.5) is 0 Å². The van der Waals surface area contributed by atoms with Gasteiger partial charge in [0.15, 0.2) is 12.4 Å². The molecule has 0 aromatic heterocycles. The van der Waals surface area contributed by atoms with Gasteiger partial charge in [-0.05, 0) is 62.5 Å². The van der Waals surface area contributed by atoms with E-state index in [1.165, 1.54) is 0 Å². The number of hydrogen-bond acceptors (Lipinski definition) is 6. The minimum atomic E-state index is -1.61. The first-order valence-electron chi connectivity index (χ1n) is 13.1. The summed E-state index contributed by atoms with van der Waals surface area (Å²) in [5, 5.41) is 23.1. The van der Waals surface area contributed by atoms with E-state index < -0.39 is 35.5 Å². The molecule has 34 heavy (non-hydrogen) atoms. The molecule has 3 saturated carbocycles. The number of fused-ring (bicyclic) bond motifs is 5. The van der Waals surface area contributed by atoms with Gasteiger partial charge in [0.1, 0.15) is 5.60 Å². The minimum Gasteiger partial charge on any atom is -0.458 e. The SMILES string of the molecule is CCCCCCC(=O)OCC(=O)[C@@]1(O)CC[C@@H]2[C@@H]3CCC4=CC(=O)C=C[C@]4(C)[C@@H]3[C@H](O)C[C@@]21C. The predicted octanol–water partition coefficient (Wildman–Crippen LogP) is 4.08. The second-order valence-electron chi connectivity index (χ2n) is 11.5. The molecule has 188 valence electrons. The summed E-state index contributed by atoms with van der Waals surface area (Å²) in [7, 11) is 0. The molecule has 6 heteroatoms. The van der Waals surface area contributed by atoms with Crippen LogP contribution >= 0.6 is 0 Å². The average Bonchev–Trinajstić information content (AvgIpc) is 3.06. The van der Waals surface area contributed by atoms with E-state index in [4.69, 9.17) is 4.74 Å². The fourth-order valence-electron chi connectivity index (χ4n) is 7.82. The van der Waals surface area contributed by atoms with E-state index in [-0.39, 0.29) is 29.0 Å². The number of allylic oxidation sites excluding steroid dienone is 4. The molecule has 0 radical (unpaired) electrons. The Morgan fingerprint density at radius 2 is 1.94 bits per heavy atom. The molecule has 0 saturated heterocycles. The van der Waals surface area contributed by atoms with Crippen molar-refractivity contribution in [2.45, 2.75) is 96.7 Å². The van der Waals surface area contributed by atoms with Gasteiger partial charge in [-0.25, -0.2) is 0 Å². The molecule has 0 spiro atoms. The van der Waals surface area contributed by atoms with E-state index in [1.807, 2.05) is 13.0 Å². The Morgan fingerprint density at radius 1 is 1.18 bits per heavy atom. The number of aliphatic hydroxyl groups excluding tert-OH is 1. The molecule has 0 amide bonds. The minimum absolute atomic E-state index is 0.00168. The zero-order valence-corrected chi connectivity index (χ0v) is 20.8. The van der Waals surface area contributed by atoms with Crippen molar-refractivity contribution in [1.29, 1.82) is 0 Å². The molecule has 0 heterocycles. The van der Waals surface area contributed by atoms with E-state index in [1.54, 1.807) is 12.2 Å². The molecule has 4 rings (SSSR count). The second kappa shape index (κ2) is 9.34. The first-order chi connectivity index (χ1) is 16.1. The summed E-state index contributed by atoms with van der Waals surface area (Å²) in [6.45, 7) is 5.73. The molecule has 0 aliphatic heterocycles. The van der Waals surface area contributed by atoms with Crippen molar-refractivity contribution in [1.82, 2.24) is 0 Å². The van der Waals surface area contributed by atoms with Crippen molar-refractivity contribution in [2.24, 2.45) is 28.6 Å². The highest BCUT2D eigenvalue weighted by Crippen LogP contribution is 2.67. The summed E-state index contributed by atoms with van der Waals surface area (Å²) < 4.78 is 5.26. The van der Waals surface area contributed by atoms with Crippen LogP contribution in [0.25, 0.3) is 0 Å². The van der Waals surface area contributed by atoms with Crippen molar-refractivity contribution in [3.63, 3.8) is 0 Å². The van der Waals surface area contributed by atoms with E-state index >= 15 is 0 Å². The fourth-order valence-corrected chi connectivity index (χ4v) is 7.82. The third kappa shape index (κ3) is 4.01. The number of esters is 1. The predicted molar refractivity (Wildman–Crippen MR) is 128 cm³/mol. The van der Waals surface area contributed by atoms with E-state index in [0.717, 1.165) is 44.1 Å². The molecule has 0 bridgehead atoms. The second-order valence-corrected chi connectivity index (χ2v) is 11.5. The molecule has 7 atom stereocenters. The smallest absolute Gasteiger partial charge is 0.306 e. The van der Waals surface area contributed by atoms with Gasteiger partial charge in [0, 0.05) is 23.2 Å². The largest absolute Gasteiger partial charge is 0.458 e. The lowest BCUT2D eigenvalue weighted by atomic mass is 9.46. The Hall–Kier alpha value is -1.79. The topological polar surface area (TPSA) is 101 Å². The quantitative estimate of drug-likeness (QED) is 0.408. The number of hydrogen-bond donors (Lipinski definition) is 2. The van der Waals surface area contributed by atoms with Crippen LogP contribution in [0.3, 0.4) is 0 Å². The maximum absolute atomic E-state index is 13.2. The standard InChI is InChI=1S/C28H40O6/c1-4-5-6-7-8-24(32)34-17-23(31)28(33)14-12-21-20-10-9-18-15-19(29)11-13-26(18,2)25(20)22(30)16-27(21,28)3/h11,13,15,20-22,25,30,33H,4-10,12,14,16-17H2,1-3H3/t20-,21+,22+,25-,26-,27-,28-/m0/s1. The summed E-state index contributed by atoms with van der Waals surface area (Å²) >= 11 is 0. The third-order valence-corrected chi connectivity index (χ3v) is 9.71. The zero-order valence-electron chi connectivity index (χ0n) is 20.8. The van der Waals surface area contributed by atoms with Crippen LogP contribution < -0.4 is 0 Å². The lowest BCUT2D eigenvalue weighted by molar-refractivity contribution is -0.181. The van der Waals surface area contributed by atoms with Gasteiger partial charge < -0.3 is 14.9 Å². The molecule has 6 nitrogen and oxygen atoms in total. The molecule has 4 aliphatic rings. The molecule has 3 fully saturated rings. The Kier molecular flexibility index (Phi) is 6.96. The number of ether oxygens (including phenoxy) is 1. The molecule has 0 unspecified atom stereocenters. The highest BCUT2D eigenvalue weighted by Gasteiger charge is 2.68. The molecule has 2 N–H and O–H groups in total. The number of carbonyl (C=O) groups is 3. The summed E-state index contributed by atoms with van der Waals surface area (Å²) in [5.41, 5.74) is -1.68. The molecular weight excluding hydrogens is 432 g/mol. The summed E-state index contributed by atoms with van der Waals surface area (Å²) in [6.07, 6.45) is 11.7. The van der Waals surface area contributed by atoms with Gasteiger partial charge in [0.2, 0.25) is 5.78 Å². The number of ketones is 2. The third-order valence-electron chi connectivity index (χ3n) is 9.71. The lowest BCUT2D eigenvalue weighted by Crippen LogP contribution is -2.61. The van der Waals surface area contributed by atoms with Gasteiger partial charge >= 0.3 is 5.97 Å². The van der Waals surface area contributed by atoms with Gasteiger partial charge in [0.25, 0.3) is 0 Å². The van der Waals surface area contributed by atoms with Gasteiger partial charge in [-0.2, -0.15) is 0 Å². The first-order valence-corrected chi connectivity index (χ1v) is 13.1. The Labute approximate surface area is 202 Å². The van der Waals surface area contributed by atoms with Crippen LogP contribution in [0.5, 0.6) is 0 Å². The maximum Gasteiger partial charge on any atom is 0.306 e. The lowest BCUT2D eigenvalue weighted by Gasteiger charge is -2.59. The van der Waals surface area contributed by atoms with E-state index in [9.17, 15) is 24.6 Å². The normalized spacial score (nSPS) is 40.7. The maximum atomic E-state index is 13.2. The van der Waals surface area contributed by atoms with Crippen molar-refractivity contribution in [3.8, 4) is 0 Å².